The van der Waals surface area contributed by atoms with Crippen molar-refractivity contribution in [2.24, 2.45) is 5.41 Å². The summed E-state index contributed by atoms with van der Waals surface area (Å²) in [6.45, 7) is 6.22. The van der Waals surface area contributed by atoms with Gasteiger partial charge in [0, 0.05) is 23.2 Å². The zero-order valence-corrected chi connectivity index (χ0v) is 17.3. The number of ketones is 2. The fourth-order valence-electron chi connectivity index (χ4n) is 3.55. The van der Waals surface area contributed by atoms with Crippen molar-refractivity contribution in [3.63, 3.8) is 0 Å². The lowest BCUT2D eigenvalue weighted by molar-refractivity contribution is -0.302. The van der Waals surface area contributed by atoms with Gasteiger partial charge in [0.15, 0.2) is 11.6 Å². The van der Waals surface area contributed by atoms with Crippen LogP contribution < -0.4 is 10.6 Å². The zero-order chi connectivity index (χ0) is 21.9. The number of fused-ring (bicyclic) bond motifs is 2. The van der Waals surface area contributed by atoms with Crippen LogP contribution in [0.5, 0.6) is 0 Å². The van der Waals surface area contributed by atoms with Crippen LogP contribution in [0.4, 0.5) is 10.5 Å². The minimum atomic E-state index is -0.506. The van der Waals surface area contributed by atoms with Crippen LogP contribution in [-0.2, 0) is 4.89 Å². The summed E-state index contributed by atoms with van der Waals surface area (Å²) in [7, 11) is 0. The Hall–Kier alpha value is -3.03. The molecule has 7 nitrogen and oxygen atoms in total. The van der Waals surface area contributed by atoms with Crippen LogP contribution in [0.2, 0.25) is 0 Å². The van der Waals surface area contributed by atoms with Crippen LogP contribution in [0.1, 0.15) is 65.5 Å². The molecule has 2 aromatic rings. The summed E-state index contributed by atoms with van der Waals surface area (Å²) in [6, 6.07) is 11.0. The van der Waals surface area contributed by atoms with E-state index in [0.29, 0.717) is 17.5 Å². The lowest BCUT2D eigenvalue weighted by Crippen LogP contribution is -2.37. The molecule has 0 fully saturated rings. The molecule has 158 valence electrons. The maximum Gasteiger partial charge on any atom is 0.319 e. The first-order valence-electron chi connectivity index (χ1n) is 9.96. The lowest BCUT2D eigenvalue weighted by Gasteiger charge is -2.30. The molecule has 0 bridgehead atoms. The average Bonchev–Trinajstić information content (AvgIpc) is 2.74. The molecular formula is C23H26N2O5. The van der Waals surface area contributed by atoms with E-state index in [1.807, 2.05) is 20.8 Å². The van der Waals surface area contributed by atoms with Gasteiger partial charge in [0.25, 0.3) is 0 Å². The zero-order valence-electron chi connectivity index (χ0n) is 17.3. The summed E-state index contributed by atoms with van der Waals surface area (Å²) in [5.74, 6) is -0.538. The van der Waals surface area contributed by atoms with Gasteiger partial charge in [-0.05, 0) is 24.3 Å². The van der Waals surface area contributed by atoms with Crippen molar-refractivity contribution < 1.29 is 24.5 Å². The highest BCUT2D eigenvalue weighted by molar-refractivity contribution is 6.30. The normalized spacial score (nSPS) is 14.0. The van der Waals surface area contributed by atoms with E-state index in [1.165, 1.54) is 0 Å². The summed E-state index contributed by atoms with van der Waals surface area (Å²) in [5.41, 5.74) is 1.20. The van der Waals surface area contributed by atoms with Crippen LogP contribution in [0.3, 0.4) is 0 Å². The van der Waals surface area contributed by atoms with Gasteiger partial charge in [-0.3, -0.25) is 14.8 Å². The van der Waals surface area contributed by atoms with Gasteiger partial charge in [0.1, 0.15) is 0 Å². The Bertz CT molecular complexity index is 983. The second-order valence-corrected chi connectivity index (χ2v) is 8.04. The monoisotopic (exact) mass is 410 g/mol. The molecule has 3 N–H and O–H groups in total. The average molecular weight is 410 g/mol. The van der Waals surface area contributed by atoms with Crippen LogP contribution in [0.25, 0.3) is 0 Å². The van der Waals surface area contributed by atoms with Crippen molar-refractivity contribution >= 4 is 23.3 Å². The molecule has 1 aliphatic carbocycles. The predicted octanol–water partition coefficient (Wildman–Crippen LogP) is 4.27. The van der Waals surface area contributed by atoms with Gasteiger partial charge >= 0.3 is 6.03 Å². The third-order valence-electron chi connectivity index (χ3n) is 5.80. The molecular weight excluding hydrogens is 384 g/mol. The number of rotatable bonds is 7. The van der Waals surface area contributed by atoms with E-state index in [0.717, 1.165) is 6.42 Å². The molecule has 1 aliphatic rings. The fourth-order valence-corrected chi connectivity index (χ4v) is 3.55. The van der Waals surface area contributed by atoms with Gasteiger partial charge in [0.05, 0.1) is 17.4 Å². The first kappa shape index (κ1) is 21.7. The number of benzene rings is 2. The molecule has 7 heteroatoms. The quantitative estimate of drug-likeness (QED) is 0.399. The summed E-state index contributed by atoms with van der Waals surface area (Å²) >= 11 is 0. The second kappa shape index (κ2) is 8.77. The summed E-state index contributed by atoms with van der Waals surface area (Å²) in [5, 5.41) is 14.5. The van der Waals surface area contributed by atoms with Crippen LogP contribution in [0.15, 0.2) is 42.5 Å². The Balaban J connectivity index is 1.72. The SMILES string of the molecule is CCC(C)(C)C(CCNC(=O)Nc1cccc2c1C(=O)c1ccccc1C2=O)OO. The van der Waals surface area contributed by atoms with E-state index < -0.39 is 12.1 Å². The van der Waals surface area contributed by atoms with Crippen molar-refractivity contribution in [3.8, 4) is 0 Å². The molecule has 0 spiro atoms. The van der Waals surface area contributed by atoms with E-state index in [4.69, 9.17) is 5.26 Å². The number of anilines is 1. The van der Waals surface area contributed by atoms with E-state index in [1.54, 1.807) is 42.5 Å². The van der Waals surface area contributed by atoms with Gasteiger partial charge in [0.2, 0.25) is 0 Å². The van der Waals surface area contributed by atoms with Crippen LogP contribution in [0, 0.1) is 5.41 Å². The van der Waals surface area contributed by atoms with Crippen LogP contribution >= 0.6 is 0 Å². The Labute approximate surface area is 175 Å². The molecule has 2 amide bonds. The number of hydrogen-bond donors (Lipinski definition) is 3. The second-order valence-electron chi connectivity index (χ2n) is 8.04. The van der Waals surface area contributed by atoms with Gasteiger partial charge < -0.3 is 10.6 Å². The molecule has 3 rings (SSSR count). The number of hydrogen-bond acceptors (Lipinski definition) is 5. The van der Waals surface area contributed by atoms with Gasteiger partial charge in [-0.25, -0.2) is 9.68 Å². The summed E-state index contributed by atoms with van der Waals surface area (Å²) in [6.07, 6.45) is 0.795. The molecule has 0 radical (unpaired) electrons. The van der Waals surface area contributed by atoms with Crippen molar-refractivity contribution in [1.82, 2.24) is 5.32 Å². The highest BCUT2D eigenvalue weighted by Gasteiger charge is 2.32. The Morgan fingerprint density at radius 1 is 1.03 bits per heavy atom. The van der Waals surface area contributed by atoms with Crippen molar-refractivity contribution in [1.29, 1.82) is 0 Å². The third-order valence-corrected chi connectivity index (χ3v) is 5.80. The van der Waals surface area contributed by atoms with E-state index in [9.17, 15) is 14.4 Å². The highest BCUT2D eigenvalue weighted by atomic mass is 17.1. The Kier molecular flexibility index (Phi) is 6.34. The van der Waals surface area contributed by atoms with Crippen LogP contribution in [-0.4, -0.2) is 35.5 Å². The minimum absolute atomic E-state index is 0.194. The number of carbonyl (C=O) groups is 3. The first-order chi connectivity index (χ1) is 14.3. The molecule has 0 aliphatic heterocycles. The molecule has 30 heavy (non-hydrogen) atoms. The smallest absolute Gasteiger partial charge is 0.319 e. The first-order valence-corrected chi connectivity index (χ1v) is 9.96. The molecule has 2 aromatic carbocycles. The molecule has 0 saturated carbocycles. The van der Waals surface area contributed by atoms with Gasteiger partial charge in [-0.15, -0.1) is 0 Å². The maximum atomic E-state index is 13.0. The maximum absolute atomic E-state index is 13.0. The van der Waals surface area contributed by atoms with Gasteiger partial charge in [-0.1, -0.05) is 57.2 Å². The molecule has 0 heterocycles. The van der Waals surface area contributed by atoms with Crippen molar-refractivity contribution in [2.45, 2.75) is 39.7 Å². The molecule has 0 aromatic heterocycles. The molecule has 1 unspecified atom stereocenters. The van der Waals surface area contributed by atoms with E-state index >= 15 is 0 Å². The van der Waals surface area contributed by atoms with E-state index in [-0.39, 0.29) is 40.3 Å². The number of carbonyl (C=O) groups excluding carboxylic acids is 3. The fraction of sp³-hybridized carbons (Fsp3) is 0.348. The third kappa shape index (κ3) is 4.13. The Morgan fingerprint density at radius 2 is 1.67 bits per heavy atom. The van der Waals surface area contributed by atoms with E-state index in [2.05, 4.69) is 15.5 Å². The molecule has 0 saturated heterocycles. The van der Waals surface area contributed by atoms with Gasteiger partial charge in [-0.2, -0.15) is 0 Å². The number of urea groups is 1. The van der Waals surface area contributed by atoms with Crippen molar-refractivity contribution in [3.05, 3.63) is 64.7 Å². The Morgan fingerprint density at radius 3 is 2.30 bits per heavy atom. The minimum Gasteiger partial charge on any atom is -0.338 e. The largest absolute Gasteiger partial charge is 0.338 e. The van der Waals surface area contributed by atoms with Crippen molar-refractivity contribution in [2.75, 3.05) is 11.9 Å². The summed E-state index contributed by atoms with van der Waals surface area (Å²) < 4.78 is 0. The summed E-state index contributed by atoms with van der Waals surface area (Å²) in [4.78, 5) is 42.7. The standard InChI is InChI=1S/C23H26N2O5/c1-4-23(2,3)18(30-29)12-13-24-22(28)25-17-11-7-10-16-19(17)21(27)15-9-6-5-8-14(15)20(16)26/h5-11,18,29H,4,12-13H2,1-3H3,(H2,24,25,28). The molecule has 1 atom stereocenters. The highest BCUT2D eigenvalue weighted by Crippen LogP contribution is 2.32. The predicted molar refractivity (Wildman–Crippen MR) is 113 cm³/mol. The number of nitrogens with one attached hydrogen (secondary N) is 2. The lowest BCUT2D eigenvalue weighted by atomic mass is 9.82. The topological polar surface area (TPSA) is 105 Å². The number of amides is 2.